The largest absolute Gasteiger partial charge is 0.366 e. The van der Waals surface area contributed by atoms with Gasteiger partial charge in [0.25, 0.3) is 11.8 Å². The molecule has 0 unspecified atom stereocenters. The quantitative estimate of drug-likeness (QED) is 0.634. The molecular weight excluding hydrogens is 282 g/mol. The fourth-order valence-corrected chi connectivity index (χ4v) is 2.17. The minimum atomic E-state index is -0.734. The van der Waals surface area contributed by atoms with Crippen molar-refractivity contribution in [2.24, 2.45) is 5.73 Å². The summed E-state index contributed by atoms with van der Waals surface area (Å²) in [6.45, 7) is 1.84. The van der Waals surface area contributed by atoms with Crippen LogP contribution in [-0.2, 0) is 0 Å². The van der Waals surface area contributed by atoms with Crippen LogP contribution in [0.5, 0.6) is 0 Å². The number of hydrogen-bond acceptors (Lipinski definition) is 4. The number of amides is 2. The molecule has 0 heterocycles. The molecule has 0 saturated heterocycles. The fraction of sp³-hybridized carbons (Fsp3) is 0.125. The highest BCUT2D eigenvalue weighted by Gasteiger charge is 2.19. The molecule has 2 aromatic carbocycles. The number of nitrogens with two attached hydrogens (primary N) is 1. The summed E-state index contributed by atoms with van der Waals surface area (Å²) < 4.78 is 0. The van der Waals surface area contributed by atoms with Crippen molar-refractivity contribution in [3.05, 3.63) is 65.2 Å². The molecule has 0 aliphatic heterocycles. The lowest BCUT2D eigenvalue weighted by Gasteiger charge is -2.16. The summed E-state index contributed by atoms with van der Waals surface area (Å²) >= 11 is 0. The number of nitrogens with one attached hydrogen (secondary N) is 2. The van der Waals surface area contributed by atoms with E-state index >= 15 is 0 Å². The minimum Gasteiger partial charge on any atom is -0.366 e. The first-order valence-electron chi connectivity index (χ1n) is 6.73. The number of rotatable bonds is 5. The van der Waals surface area contributed by atoms with Crippen LogP contribution >= 0.6 is 0 Å². The number of hydrogen-bond donors (Lipinski definition) is 4. The average Bonchev–Trinajstić information content (AvgIpc) is 2.54. The molecule has 0 fully saturated rings. The number of carbonyl (C=O) groups is 2. The maximum atomic E-state index is 12.4. The van der Waals surface area contributed by atoms with Crippen molar-refractivity contribution in [3.8, 4) is 0 Å². The lowest BCUT2D eigenvalue weighted by molar-refractivity contribution is 0.0940. The highest BCUT2D eigenvalue weighted by Crippen LogP contribution is 2.21. The Morgan fingerprint density at radius 3 is 2.27 bits per heavy atom. The van der Waals surface area contributed by atoms with Crippen LogP contribution in [0.25, 0.3) is 0 Å². The fourth-order valence-electron chi connectivity index (χ4n) is 2.17. The zero-order valence-electron chi connectivity index (χ0n) is 12.0. The van der Waals surface area contributed by atoms with Crippen molar-refractivity contribution >= 4 is 17.5 Å². The van der Waals surface area contributed by atoms with Crippen LogP contribution in [0.4, 0.5) is 5.69 Å². The Labute approximate surface area is 127 Å². The van der Waals surface area contributed by atoms with E-state index in [9.17, 15) is 14.8 Å². The molecule has 2 rings (SSSR count). The molecule has 0 radical (unpaired) electrons. The summed E-state index contributed by atoms with van der Waals surface area (Å²) in [6.07, 6.45) is 0. The van der Waals surface area contributed by atoms with Gasteiger partial charge in [0, 0.05) is 0 Å². The molecule has 0 bridgehead atoms. The highest BCUT2D eigenvalue weighted by atomic mass is 16.5. The van der Waals surface area contributed by atoms with Gasteiger partial charge in [0.2, 0.25) is 0 Å². The number of primary amides is 1. The van der Waals surface area contributed by atoms with E-state index in [1.807, 2.05) is 42.7 Å². The Balaban J connectivity index is 2.27. The Morgan fingerprint density at radius 1 is 1.05 bits per heavy atom. The van der Waals surface area contributed by atoms with E-state index in [0.717, 1.165) is 5.56 Å². The SMILES string of the molecule is C[C@@H](NC(=O)c1cccc(C(N)=O)c1NO)c1ccccc1. The third kappa shape index (κ3) is 3.24. The second-order valence-corrected chi connectivity index (χ2v) is 4.81. The Kier molecular flexibility index (Phi) is 4.75. The molecule has 114 valence electrons. The van der Waals surface area contributed by atoms with E-state index < -0.39 is 11.8 Å². The van der Waals surface area contributed by atoms with E-state index in [-0.39, 0.29) is 22.9 Å². The molecule has 6 nitrogen and oxygen atoms in total. The first kappa shape index (κ1) is 15.5. The molecule has 2 aromatic rings. The van der Waals surface area contributed by atoms with Crippen LogP contribution in [0, 0.1) is 0 Å². The van der Waals surface area contributed by atoms with E-state index in [2.05, 4.69) is 5.32 Å². The van der Waals surface area contributed by atoms with Gasteiger partial charge in [-0.2, -0.15) is 0 Å². The van der Waals surface area contributed by atoms with Gasteiger partial charge in [-0.3, -0.25) is 20.3 Å². The molecule has 0 saturated carbocycles. The third-order valence-electron chi connectivity index (χ3n) is 3.33. The summed E-state index contributed by atoms with van der Waals surface area (Å²) in [7, 11) is 0. The van der Waals surface area contributed by atoms with E-state index in [4.69, 9.17) is 5.73 Å². The van der Waals surface area contributed by atoms with Gasteiger partial charge in [-0.1, -0.05) is 36.4 Å². The molecule has 6 heteroatoms. The summed E-state index contributed by atoms with van der Waals surface area (Å²) in [6, 6.07) is 13.7. The molecule has 22 heavy (non-hydrogen) atoms. The van der Waals surface area contributed by atoms with Crippen LogP contribution in [0.3, 0.4) is 0 Å². The van der Waals surface area contributed by atoms with E-state index in [1.54, 1.807) is 0 Å². The zero-order chi connectivity index (χ0) is 16.1. The lowest BCUT2D eigenvalue weighted by atomic mass is 10.0. The maximum absolute atomic E-state index is 12.4. The summed E-state index contributed by atoms with van der Waals surface area (Å²) in [5, 5.41) is 12.0. The van der Waals surface area contributed by atoms with Crippen LogP contribution in [0.15, 0.2) is 48.5 Å². The monoisotopic (exact) mass is 299 g/mol. The highest BCUT2D eigenvalue weighted by molar-refractivity contribution is 6.07. The van der Waals surface area contributed by atoms with Crippen molar-refractivity contribution in [2.75, 3.05) is 5.48 Å². The van der Waals surface area contributed by atoms with Gasteiger partial charge in [0.15, 0.2) is 0 Å². The van der Waals surface area contributed by atoms with Crippen molar-refractivity contribution in [1.82, 2.24) is 5.32 Å². The second-order valence-electron chi connectivity index (χ2n) is 4.81. The zero-order valence-corrected chi connectivity index (χ0v) is 12.0. The van der Waals surface area contributed by atoms with Crippen LogP contribution in [-0.4, -0.2) is 17.0 Å². The molecule has 0 aliphatic carbocycles. The van der Waals surface area contributed by atoms with Gasteiger partial charge in [0.1, 0.15) is 0 Å². The average molecular weight is 299 g/mol. The van der Waals surface area contributed by atoms with Gasteiger partial charge >= 0.3 is 0 Å². The van der Waals surface area contributed by atoms with Gasteiger partial charge < -0.3 is 11.1 Å². The predicted octanol–water partition coefficient (Wildman–Crippen LogP) is 2.08. The van der Waals surface area contributed by atoms with Crippen molar-refractivity contribution in [3.63, 3.8) is 0 Å². The Morgan fingerprint density at radius 2 is 1.68 bits per heavy atom. The van der Waals surface area contributed by atoms with Gasteiger partial charge in [-0.25, -0.2) is 0 Å². The van der Waals surface area contributed by atoms with Crippen LogP contribution in [0.1, 0.15) is 39.2 Å². The molecule has 0 spiro atoms. The first-order chi connectivity index (χ1) is 10.5. The standard InChI is InChI=1S/C16H17N3O3/c1-10(11-6-3-2-4-7-11)18-16(21)13-9-5-8-12(15(17)20)14(13)19-22/h2-10,19,22H,1H3,(H2,17,20)(H,18,21)/t10-/m1/s1. The van der Waals surface area contributed by atoms with E-state index in [1.165, 1.54) is 18.2 Å². The Bertz CT molecular complexity index is 686. The van der Waals surface area contributed by atoms with Crippen molar-refractivity contribution < 1.29 is 14.8 Å². The topological polar surface area (TPSA) is 104 Å². The smallest absolute Gasteiger partial charge is 0.253 e. The summed E-state index contributed by atoms with van der Waals surface area (Å²) in [5.74, 6) is -1.15. The molecule has 0 aromatic heterocycles. The van der Waals surface area contributed by atoms with Crippen molar-refractivity contribution in [1.29, 1.82) is 0 Å². The maximum Gasteiger partial charge on any atom is 0.253 e. The number of benzene rings is 2. The molecule has 5 N–H and O–H groups in total. The number of anilines is 1. The molecule has 1 atom stereocenters. The normalized spacial score (nSPS) is 11.5. The van der Waals surface area contributed by atoms with E-state index in [0.29, 0.717) is 0 Å². The molecule has 0 aliphatic rings. The molecular formula is C16H17N3O3. The summed E-state index contributed by atoms with van der Waals surface area (Å²) in [5.41, 5.74) is 8.23. The third-order valence-corrected chi connectivity index (χ3v) is 3.33. The van der Waals surface area contributed by atoms with Gasteiger partial charge in [-0.05, 0) is 24.6 Å². The lowest BCUT2D eigenvalue weighted by Crippen LogP contribution is -2.28. The number of carbonyl (C=O) groups excluding carboxylic acids is 2. The van der Waals surface area contributed by atoms with Crippen LogP contribution in [0.2, 0.25) is 0 Å². The number of para-hydroxylation sites is 1. The molecule has 2 amide bonds. The minimum absolute atomic E-state index is 0.00670. The van der Waals surface area contributed by atoms with Gasteiger partial charge in [0.05, 0.1) is 22.9 Å². The summed E-state index contributed by atoms with van der Waals surface area (Å²) in [4.78, 5) is 23.7. The van der Waals surface area contributed by atoms with Crippen molar-refractivity contribution in [2.45, 2.75) is 13.0 Å². The Hall–Kier alpha value is -2.86. The second kappa shape index (κ2) is 6.73. The predicted molar refractivity (Wildman–Crippen MR) is 82.7 cm³/mol. The van der Waals surface area contributed by atoms with Gasteiger partial charge in [-0.15, -0.1) is 0 Å². The van der Waals surface area contributed by atoms with Crippen LogP contribution < -0.4 is 16.5 Å². The first-order valence-corrected chi connectivity index (χ1v) is 6.73.